The van der Waals surface area contributed by atoms with Crippen LogP contribution in [0.5, 0.6) is 0 Å². The van der Waals surface area contributed by atoms with Crippen molar-refractivity contribution in [2.45, 2.75) is 26.7 Å². The Balaban J connectivity index is 2.71. The van der Waals surface area contributed by atoms with Crippen molar-refractivity contribution in [2.75, 3.05) is 30.3 Å². The summed E-state index contributed by atoms with van der Waals surface area (Å²) in [5.74, 6) is 0.640. The molecule has 8 heteroatoms. The van der Waals surface area contributed by atoms with Crippen LogP contribution in [-0.2, 0) is 4.79 Å². The standard InChI is InChI=1S/C13H21N5O3/c1-3-8-15-11-6-5-10(18(20)21)13(17-11)16-9-7-12(19)14-4-2/h5-6H,3-4,7-9H2,1-2H3,(H,14,19)(H2,15,16,17). The molecule has 116 valence electrons. The molecule has 0 aliphatic carbocycles. The Bertz CT molecular complexity index is 493. The van der Waals surface area contributed by atoms with E-state index in [2.05, 4.69) is 20.9 Å². The van der Waals surface area contributed by atoms with Crippen molar-refractivity contribution in [2.24, 2.45) is 0 Å². The van der Waals surface area contributed by atoms with E-state index in [-0.39, 0.29) is 30.4 Å². The molecule has 0 aliphatic rings. The van der Waals surface area contributed by atoms with Gasteiger partial charge >= 0.3 is 5.69 Å². The maximum absolute atomic E-state index is 11.3. The van der Waals surface area contributed by atoms with Crippen LogP contribution in [0, 0.1) is 10.1 Å². The van der Waals surface area contributed by atoms with Crippen LogP contribution in [0.2, 0.25) is 0 Å². The van der Waals surface area contributed by atoms with Crippen LogP contribution in [0.15, 0.2) is 12.1 Å². The second kappa shape index (κ2) is 8.72. The molecule has 0 saturated heterocycles. The summed E-state index contributed by atoms with van der Waals surface area (Å²) in [5, 5.41) is 19.5. The van der Waals surface area contributed by atoms with Gasteiger partial charge in [-0.1, -0.05) is 6.92 Å². The monoisotopic (exact) mass is 295 g/mol. The van der Waals surface area contributed by atoms with E-state index in [0.29, 0.717) is 12.4 Å². The number of aromatic nitrogens is 1. The highest BCUT2D eigenvalue weighted by atomic mass is 16.6. The number of nitrogens with one attached hydrogen (secondary N) is 3. The predicted molar refractivity (Wildman–Crippen MR) is 81.5 cm³/mol. The van der Waals surface area contributed by atoms with E-state index in [4.69, 9.17) is 0 Å². The van der Waals surface area contributed by atoms with E-state index in [1.165, 1.54) is 6.07 Å². The summed E-state index contributed by atoms with van der Waals surface area (Å²) in [6.45, 7) is 5.44. The summed E-state index contributed by atoms with van der Waals surface area (Å²) in [6, 6.07) is 2.97. The first kappa shape index (κ1) is 16.7. The van der Waals surface area contributed by atoms with Crippen molar-refractivity contribution in [3.05, 3.63) is 22.2 Å². The maximum atomic E-state index is 11.3. The normalized spacial score (nSPS) is 10.0. The molecule has 0 saturated carbocycles. The molecule has 1 aromatic heterocycles. The van der Waals surface area contributed by atoms with Crippen LogP contribution in [-0.4, -0.2) is 35.4 Å². The summed E-state index contributed by atoms with van der Waals surface area (Å²) < 4.78 is 0. The minimum Gasteiger partial charge on any atom is -0.370 e. The molecule has 8 nitrogen and oxygen atoms in total. The number of pyridine rings is 1. The van der Waals surface area contributed by atoms with Crippen molar-refractivity contribution >= 4 is 23.2 Å². The van der Waals surface area contributed by atoms with Gasteiger partial charge in [0.2, 0.25) is 11.7 Å². The van der Waals surface area contributed by atoms with Gasteiger partial charge in [-0.25, -0.2) is 4.98 Å². The van der Waals surface area contributed by atoms with E-state index in [0.717, 1.165) is 13.0 Å². The average Bonchev–Trinajstić information content (AvgIpc) is 2.45. The van der Waals surface area contributed by atoms with E-state index in [1.807, 2.05) is 13.8 Å². The fourth-order valence-corrected chi connectivity index (χ4v) is 1.66. The van der Waals surface area contributed by atoms with Gasteiger partial charge < -0.3 is 16.0 Å². The van der Waals surface area contributed by atoms with Crippen molar-refractivity contribution < 1.29 is 9.72 Å². The van der Waals surface area contributed by atoms with Gasteiger partial charge in [-0.05, 0) is 19.4 Å². The zero-order valence-corrected chi connectivity index (χ0v) is 12.3. The predicted octanol–water partition coefficient (Wildman–Crippen LogP) is 1.75. The Kier molecular flexibility index (Phi) is 6.93. The van der Waals surface area contributed by atoms with Crippen molar-refractivity contribution in [3.8, 4) is 0 Å². The Labute approximate surface area is 123 Å². The van der Waals surface area contributed by atoms with Gasteiger partial charge in [-0.15, -0.1) is 0 Å². The Hall–Kier alpha value is -2.38. The molecule has 0 fully saturated rings. The molecule has 0 unspecified atom stereocenters. The molecule has 1 amide bonds. The third-order valence-corrected chi connectivity index (χ3v) is 2.65. The average molecular weight is 295 g/mol. The highest BCUT2D eigenvalue weighted by molar-refractivity contribution is 5.76. The zero-order chi connectivity index (χ0) is 15.7. The first-order valence-corrected chi connectivity index (χ1v) is 6.98. The molecule has 1 heterocycles. The third-order valence-electron chi connectivity index (χ3n) is 2.65. The lowest BCUT2D eigenvalue weighted by Crippen LogP contribution is -2.25. The lowest BCUT2D eigenvalue weighted by atomic mass is 10.3. The molecule has 1 aromatic rings. The number of carbonyl (C=O) groups is 1. The topological polar surface area (TPSA) is 109 Å². The van der Waals surface area contributed by atoms with E-state index in [9.17, 15) is 14.9 Å². The summed E-state index contributed by atoms with van der Waals surface area (Å²) in [5.41, 5.74) is -0.104. The van der Waals surface area contributed by atoms with Gasteiger partial charge in [0.1, 0.15) is 5.82 Å². The number of nitrogens with zero attached hydrogens (tertiary/aromatic N) is 2. The fourth-order valence-electron chi connectivity index (χ4n) is 1.66. The number of hydrogen-bond donors (Lipinski definition) is 3. The van der Waals surface area contributed by atoms with E-state index >= 15 is 0 Å². The maximum Gasteiger partial charge on any atom is 0.311 e. The molecule has 0 radical (unpaired) electrons. The fraction of sp³-hybridized carbons (Fsp3) is 0.538. The Morgan fingerprint density at radius 3 is 2.67 bits per heavy atom. The molecule has 21 heavy (non-hydrogen) atoms. The highest BCUT2D eigenvalue weighted by Gasteiger charge is 2.15. The van der Waals surface area contributed by atoms with Gasteiger partial charge in [0.05, 0.1) is 4.92 Å². The first-order valence-electron chi connectivity index (χ1n) is 6.98. The van der Waals surface area contributed by atoms with Crippen LogP contribution >= 0.6 is 0 Å². The highest BCUT2D eigenvalue weighted by Crippen LogP contribution is 2.23. The molecule has 0 spiro atoms. The van der Waals surface area contributed by atoms with Crippen molar-refractivity contribution in [1.29, 1.82) is 0 Å². The molecule has 0 bridgehead atoms. The number of amides is 1. The molecule has 1 rings (SSSR count). The molecular weight excluding hydrogens is 274 g/mol. The number of carbonyl (C=O) groups excluding carboxylic acids is 1. The lowest BCUT2D eigenvalue weighted by molar-refractivity contribution is -0.384. The van der Waals surface area contributed by atoms with Crippen LogP contribution in [0.4, 0.5) is 17.3 Å². The molecule has 3 N–H and O–H groups in total. The third kappa shape index (κ3) is 5.64. The SMILES string of the molecule is CCCNc1ccc([N+](=O)[O-])c(NCCC(=O)NCC)n1. The minimum absolute atomic E-state index is 0.104. The van der Waals surface area contributed by atoms with E-state index < -0.39 is 4.92 Å². The molecule has 0 aromatic carbocycles. The number of nitro groups is 1. The van der Waals surface area contributed by atoms with Gasteiger partial charge in [-0.3, -0.25) is 14.9 Å². The largest absolute Gasteiger partial charge is 0.370 e. The molecule has 0 atom stereocenters. The molecular formula is C13H21N5O3. The van der Waals surface area contributed by atoms with Gasteiger partial charge in [-0.2, -0.15) is 0 Å². The quantitative estimate of drug-likeness (QED) is 0.473. The van der Waals surface area contributed by atoms with Crippen molar-refractivity contribution in [3.63, 3.8) is 0 Å². The Morgan fingerprint density at radius 2 is 2.05 bits per heavy atom. The zero-order valence-electron chi connectivity index (χ0n) is 12.3. The summed E-state index contributed by atoms with van der Waals surface area (Å²) in [4.78, 5) is 26.0. The minimum atomic E-state index is -0.495. The summed E-state index contributed by atoms with van der Waals surface area (Å²) >= 11 is 0. The van der Waals surface area contributed by atoms with Gasteiger partial charge in [0, 0.05) is 32.1 Å². The van der Waals surface area contributed by atoms with Crippen LogP contribution in [0.25, 0.3) is 0 Å². The molecule has 0 aliphatic heterocycles. The van der Waals surface area contributed by atoms with Crippen LogP contribution in [0.1, 0.15) is 26.7 Å². The number of hydrogen-bond acceptors (Lipinski definition) is 6. The number of anilines is 2. The summed E-state index contributed by atoms with van der Waals surface area (Å²) in [6.07, 6.45) is 1.16. The number of rotatable bonds is 9. The van der Waals surface area contributed by atoms with Crippen LogP contribution < -0.4 is 16.0 Å². The van der Waals surface area contributed by atoms with Gasteiger partial charge in [0.25, 0.3) is 0 Å². The van der Waals surface area contributed by atoms with Crippen LogP contribution in [0.3, 0.4) is 0 Å². The first-order chi connectivity index (χ1) is 10.1. The second-order valence-corrected chi connectivity index (χ2v) is 4.38. The lowest BCUT2D eigenvalue weighted by Gasteiger charge is -2.09. The smallest absolute Gasteiger partial charge is 0.311 e. The summed E-state index contributed by atoms with van der Waals surface area (Å²) in [7, 11) is 0. The van der Waals surface area contributed by atoms with E-state index in [1.54, 1.807) is 6.07 Å². The second-order valence-electron chi connectivity index (χ2n) is 4.38. The van der Waals surface area contributed by atoms with Crippen molar-refractivity contribution in [1.82, 2.24) is 10.3 Å². The Morgan fingerprint density at radius 1 is 1.29 bits per heavy atom. The van der Waals surface area contributed by atoms with Gasteiger partial charge in [0.15, 0.2) is 0 Å².